The number of nitrogens with one attached hydrogen (secondary N) is 1. The number of hydrogen-bond donors (Lipinski definition) is 2. The van der Waals surface area contributed by atoms with Gasteiger partial charge < -0.3 is 28.8 Å². The first kappa shape index (κ1) is 41.7. The Hall–Kier alpha value is -1.28. The van der Waals surface area contributed by atoms with Gasteiger partial charge in [-0.15, -0.1) is 0 Å². The predicted molar refractivity (Wildman–Crippen MR) is 178 cm³/mol. The maximum Gasteiger partial charge on any atom is 0.268 e. The van der Waals surface area contributed by atoms with Crippen LogP contribution in [0, 0.1) is 0 Å². The molecule has 0 aliphatic rings. The second-order valence-corrected chi connectivity index (χ2v) is 13.9. The van der Waals surface area contributed by atoms with Crippen LogP contribution < -0.4 is 10.2 Å². The lowest BCUT2D eigenvalue weighted by molar-refractivity contribution is -0.870. The van der Waals surface area contributed by atoms with E-state index in [0.717, 1.165) is 64.2 Å². The van der Waals surface area contributed by atoms with Crippen molar-refractivity contribution in [3.8, 4) is 0 Å². The van der Waals surface area contributed by atoms with E-state index in [2.05, 4.69) is 43.5 Å². The lowest BCUT2D eigenvalue weighted by Crippen LogP contribution is -2.45. The normalized spacial score (nSPS) is 15.4. The Balaban J connectivity index is 4.71. The summed E-state index contributed by atoms with van der Waals surface area (Å²) >= 11 is 0. The molecule has 0 saturated carbocycles. The molecular formula is C34H65N2O6P. The monoisotopic (exact) mass is 628 g/mol. The number of unbranched alkanes of at least 4 members (excludes halogenated alkanes) is 12. The van der Waals surface area contributed by atoms with Crippen LogP contribution in [0.5, 0.6) is 0 Å². The number of amides is 1. The number of aliphatic hydroxyl groups is 1. The Labute approximate surface area is 264 Å². The Kier molecular flexibility index (Phi) is 26.3. The number of quaternary nitrogens is 1. The van der Waals surface area contributed by atoms with Crippen molar-refractivity contribution < 1.29 is 32.9 Å². The van der Waals surface area contributed by atoms with Crippen molar-refractivity contribution in [3.63, 3.8) is 0 Å². The van der Waals surface area contributed by atoms with Gasteiger partial charge in [-0.25, -0.2) is 0 Å². The molecular weight excluding hydrogens is 563 g/mol. The van der Waals surface area contributed by atoms with Crippen LogP contribution in [0.3, 0.4) is 0 Å². The van der Waals surface area contributed by atoms with Crippen molar-refractivity contribution in [3.05, 3.63) is 36.5 Å². The number of carbonyl (C=O) groups is 1. The van der Waals surface area contributed by atoms with Crippen molar-refractivity contribution >= 4 is 13.7 Å². The van der Waals surface area contributed by atoms with Crippen LogP contribution >= 0.6 is 7.82 Å². The van der Waals surface area contributed by atoms with Crippen LogP contribution in [0.25, 0.3) is 0 Å². The van der Waals surface area contributed by atoms with E-state index in [9.17, 15) is 19.4 Å². The highest BCUT2D eigenvalue weighted by Crippen LogP contribution is 2.38. The predicted octanol–water partition coefficient (Wildman–Crippen LogP) is 7.38. The molecule has 3 unspecified atom stereocenters. The van der Waals surface area contributed by atoms with Gasteiger partial charge in [-0.3, -0.25) is 9.36 Å². The third-order valence-corrected chi connectivity index (χ3v) is 8.02. The summed E-state index contributed by atoms with van der Waals surface area (Å²) in [7, 11) is 1.23. The van der Waals surface area contributed by atoms with Crippen molar-refractivity contribution in [2.24, 2.45) is 0 Å². The molecule has 0 saturated heterocycles. The van der Waals surface area contributed by atoms with Crippen LogP contribution in [-0.4, -0.2) is 68.5 Å². The molecule has 2 N–H and O–H groups in total. The zero-order chi connectivity index (χ0) is 32.2. The van der Waals surface area contributed by atoms with Gasteiger partial charge in [0.15, 0.2) is 0 Å². The Morgan fingerprint density at radius 1 is 0.791 bits per heavy atom. The molecule has 0 aromatic heterocycles. The Morgan fingerprint density at radius 3 is 1.98 bits per heavy atom. The van der Waals surface area contributed by atoms with Crippen molar-refractivity contribution in [1.82, 2.24) is 5.32 Å². The number of phosphoric acid groups is 1. The maximum atomic E-state index is 12.7. The molecule has 1 amide bonds. The molecule has 0 fully saturated rings. The van der Waals surface area contributed by atoms with Gasteiger partial charge in [-0.2, -0.15) is 0 Å². The molecule has 8 nitrogen and oxygen atoms in total. The number of allylic oxidation sites excluding steroid dienone is 5. The van der Waals surface area contributed by atoms with Gasteiger partial charge >= 0.3 is 0 Å². The van der Waals surface area contributed by atoms with Crippen LogP contribution in [-0.2, 0) is 18.4 Å². The van der Waals surface area contributed by atoms with E-state index in [1.807, 2.05) is 27.2 Å². The number of carbonyl (C=O) groups excluding carboxylic acids is 1. The van der Waals surface area contributed by atoms with E-state index in [-0.39, 0.29) is 12.5 Å². The van der Waals surface area contributed by atoms with Gasteiger partial charge in [0.2, 0.25) is 5.91 Å². The summed E-state index contributed by atoms with van der Waals surface area (Å²) in [4.78, 5) is 25.0. The molecule has 252 valence electrons. The molecule has 0 aromatic rings. The summed E-state index contributed by atoms with van der Waals surface area (Å²) in [6.07, 6.45) is 29.1. The van der Waals surface area contributed by atoms with Gasteiger partial charge in [0, 0.05) is 6.42 Å². The number of hydrogen-bond acceptors (Lipinski definition) is 6. The fourth-order valence-corrected chi connectivity index (χ4v) is 5.01. The standard InChI is InChI=1S/C34H65N2O6P/c1-6-8-10-12-14-16-18-19-21-23-25-27-33(37)32(31-42-43(39,40)41-30-29-36(3,4)5)35-34(38)28-26-24-22-20-17-15-13-11-9-7-2/h11,13,18-19,25,27,32-33,37H,6-10,12,14-17,20-24,26,28-31H2,1-5H3,(H-,35,38,39,40)/b13-11-,19-18+,27-25+. The molecule has 43 heavy (non-hydrogen) atoms. The second kappa shape index (κ2) is 27.1. The molecule has 0 radical (unpaired) electrons. The number of rotatable bonds is 29. The molecule has 0 bridgehead atoms. The number of likely N-dealkylation sites (N-methyl/N-ethyl adjacent to an activating group) is 1. The summed E-state index contributed by atoms with van der Waals surface area (Å²) < 4.78 is 22.9. The number of aliphatic hydroxyl groups excluding tert-OH is 1. The van der Waals surface area contributed by atoms with E-state index in [1.165, 1.54) is 38.5 Å². The van der Waals surface area contributed by atoms with Crippen LogP contribution in [0.15, 0.2) is 36.5 Å². The smallest absolute Gasteiger partial charge is 0.268 e. The van der Waals surface area contributed by atoms with E-state index in [4.69, 9.17) is 9.05 Å². The molecule has 0 aromatic carbocycles. The molecule has 9 heteroatoms. The highest BCUT2D eigenvalue weighted by molar-refractivity contribution is 7.45. The minimum absolute atomic E-state index is 0.00888. The molecule has 0 aliphatic heterocycles. The lowest BCUT2D eigenvalue weighted by Gasteiger charge is -2.29. The third kappa shape index (κ3) is 29.2. The number of phosphoric ester groups is 1. The van der Waals surface area contributed by atoms with Gasteiger partial charge in [-0.05, 0) is 51.4 Å². The first-order valence-corrected chi connectivity index (χ1v) is 18.3. The second-order valence-electron chi connectivity index (χ2n) is 12.5. The molecule has 0 spiro atoms. The molecule has 0 aliphatic carbocycles. The quantitative estimate of drug-likeness (QED) is 0.0387. The molecule has 0 rings (SSSR count). The third-order valence-electron chi connectivity index (χ3n) is 7.05. The fraction of sp³-hybridized carbons (Fsp3) is 0.794. The van der Waals surface area contributed by atoms with Gasteiger partial charge in [0.25, 0.3) is 7.82 Å². The summed E-state index contributed by atoms with van der Waals surface area (Å²) in [6.45, 7) is 4.48. The maximum absolute atomic E-state index is 12.7. The topological polar surface area (TPSA) is 108 Å². The Bertz CT molecular complexity index is 809. The first-order valence-electron chi connectivity index (χ1n) is 16.9. The zero-order valence-electron chi connectivity index (χ0n) is 28.1. The van der Waals surface area contributed by atoms with Crippen molar-refractivity contribution in [1.29, 1.82) is 0 Å². The minimum Gasteiger partial charge on any atom is -0.756 e. The zero-order valence-corrected chi connectivity index (χ0v) is 29.0. The highest BCUT2D eigenvalue weighted by Gasteiger charge is 2.23. The van der Waals surface area contributed by atoms with Crippen molar-refractivity contribution in [2.75, 3.05) is 40.9 Å². The van der Waals surface area contributed by atoms with E-state index >= 15 is 0 Å². The summed E-state index contributed by atoms with van der Waals surface area (Å²) in [5.41, 5.74) is 0. The van der Waals surface area contributed by atoms with Crippen molar-refractivity contribution in [2.45, 2.75) is 135 Å². The summed E-state index contributed by atoms with van der Waals surface area (Å²) in [6, 6.07) is -0.901. The average molecular weight is 629 g/mol. The molecule has 3 atom stereocenters. The molecule has 0 heterocycles. The number of nitrogens with zero attached hydrogens (tertiary/aromatic N) is 1. The Morgan fingerprint density at radius 2 is 1.35 bits per heavy atom. The fourth-order valence-electron chi connectivity index (χ4n) is 4.28. The highest BCUT2D eigenvalue weighted by atomic mass is 31.2. The van der Waals surface area contributed by atoms with Crippen LogP contribution in [0.2, 0.25) is 0 Å². The minimum atomic E-state index is -4.58. The van der Waals surface area contributed by atoms with Gasteiger partial charge in [-0.1, -0.05) is 102 Å². The van der Waals surface area contributed by atoms with E-state index in [0.29, 0.717) is 17.4 Å². The largest absolute Gasteiger partial charge is 0.756 e. The van der Waals surface area contributed by atoms with Gasteiger partial charge in [0.05, 0.1) is 39.9 Å². The SMILES string of the molecule is CCC/C=C\CCCCCCCC(=O)NC(COP(=O)([O-])OCC[N+](C)(C)C)C(O)/C=C/CC/C=C/CCCCCCC. The first-order chi connectivity index (χ1) is 20.5. The van der Waals surface area contributed by atoms with Gasteiger partial charge in [0.1, 0.15) is 13.2 Å². The lowest BCUT2D eigenvalue weighted by atomic mass is 10.1. The van der Waals surface area contributed by atoms with Crippen LogP contribution in [0.1, 0.15) is 123 Å². The van der Waals surface area contributed by atoms with E-state index in [1.54, 1.807) is 6.08 Å². The summed E-state index contributed by atoms with van der Waals surface area (Å²) in [5.74, 6) is -0.225. The van der Waals surface area contributed by atoms with E-state index < -0.39 is 26.6 Å². The van der Waals surface area contributed by atoms with Crippen LogP contribution in [0.4, 0.5) is 0 Å². The average Bonchev–Trinajstić information content (AvgIpc) is 2.94. The summed E-state index contributed by atoms with van der Waals surface area (Å²) in [5, 5.41) is 13.6.